The highest BCUT2D eigenvalue weighted by atomic mass is 16.4. The first-order valence-corrected chi connectivity index (χ1v) is 7.61. The number of carbonyl (C=O) groups excluding carboxylic acids is 1. The van der Waals surface area contributed by atoms with Crippen LogP contribution in [0.2, 0.25) is 0 Å². The van der Waals surface area contributed by atoms with E-state index < -0.39 is 5.97 Å². The molecule has 1 atom stereocenters. The third-order valence-corrected chi connectivity index (χ3v) is 3.64. The normalized spacial score (nSPS) is 11.3. The minimum absolute atomic E-state index is 0.0935. The van der Waals surface area contributed by atoms with Crippen LogP contribution in [0.5, 0.6) is 0 Å². The van der Waals surface area contributed by atoms with Crippen molar-refractivity contribution in [3.05, 3.63) is 65.7 Å². The Hall–Kier alpha value is -3.13. The maximum absolute atomic E-state index is 12.2. The van der Waals surface area contributed by atoms with Gasteiger partial charge in [0.2, 0.25) is 5.91 Å². The van der Waals surface area contributed by atoms with Crippen molar-refractivity contribution >= 4 is 17.6 Å². The molecule has 24 heavy (non-hydrogen) atoms. The van der Waals surface area contributed by atoms with Crippen molar-refractivity contribution in [2.45, 2.75) is 25.2 Å². The van der Waals surface area contributed by atoms with Gasteiger partial charge in [-0.2, -0.15) is 5.26 Å². The number of nitrogens with zero attached hydrogens (tertiary/aromatic N) is 1. The monoisotopic (exact) mass is 322 g/mol. The van der Waals surface area contributed by atoms with Crippen LogP contribution in [0.15, 0.2) is 54.6 Å². The van der Waals surface area contributed by atoms with Gasteiger partial charge in [-0.15, -0.1) is 0 Å². The molecule has 2 N–H and O–H groups in total. The molecule has 0 saturated carbocycles. The second-order valence-corrected chi connectivity index (χ2v) is 5.49. The van der Waals surface area contributed by atoms with E-state index in [9.17, 15) is 9.59 Å². The fraction of sp³-hybridized carbons (Fsp3) is 0.211. The highest BCUT2D eigenvalue weighted by Gasteiger charge is 2.19. The number of aliphatic carboxylic acids is 1. The van der Waals surface area contributed by atoms with E-state index in [1.165, 1.54) is 0 Å². The van der Waals surface area contributed by atoms with E-state index in [1.54, 1.807) is 24.3 Å². The molecule has 0 heterocycles. The molecule has 0 aromatic heterocycles. The summed E-state index contributed by atoms with van der Waals surface area (Å²) in [6, 6.07) is 18.3. The predicted molar refractivity (Wildman–Crippen MR) is 90.4 cm³/mol. The zero-order chi connectivity index (χ0) is 17.4. The fourth-order valence-corrected chi connectivity index (χ4v) is 2.48. The van der Waals surface area contributed by atoms with Crippen LogP contribution >= 0.6 is 0 Å². The molecule has 0 radical (unpaired) electrons. The highest BCUT2D eigenvalue weighted by molar-refractivity contribution is 5.91. The molecule has 1 amide bonds. The van der Waals surface area contributed by atoms with E-state index >= 15 is 0 Å². The van der Waals surface area contributed by atoms with Gasteiger partial charge in [-0.05, 0) is 23.3 Å². The Kier molecular flexibility index (Phi) is 6.09. The lowest BCUT2D eigenvalue weighted by Crippen LogP contribution is -2.17. The summed E-state index contributed by atoms with van der Waals surface area (Å²) >= 11 is 0. The van der Waals surface area contributed by atoms with Crippen molar-refractivity contribution in [3.63, 3.8) is 0 Å². The number of nitriles is 1. The number of carboxylic acid groups (broad SMARTS) is 1. The summed E-state index contributed by atoms with van der Waals surface area (Å²) in [7, 11) is 0. The molecule has 0 fully saturated rings. The summed E-state index contributed by atoms with van der Waals surface area (Å²) in [5.74, 6) is -1.54. The summed E-state index contributed by atoms with van der Waals surface area (Å²) in [5, 5.41) is 20.5. The van der Waals surface area contributed by atoms with Gasteiger partial charge in [0.05, 0.1) is 18.9 Å². The Labute approximate surface area is 140 Å². The molecule has 1 unspecified atom stereocenters. The van der Waals surface area contributed by atoms with Crippen molar-refractivity contribution in [2.75, 3.05) is 5.32 Å². The third kappa shape index (κ3) is 5.25. The standard InChI is InChI=1S/C19H18N2O3/c20-11-10-14-6-8-17(9-7-14)21-18(22)12-16(13-19(23)24)15-4-2-1-3-5-15/h1-9,16H,10,12-13H2,(H,21,22)(H,23,24). The molecule has 122 valence electrons. The summed E-state index contributed by atoms with van der Waals surface area (Å²) < 4.78 is 0. The van der Waals surface area contributed by atoms with Crippen molar-refractivity contribution in [2.24, 2.45) is 0 Å². The summed E-state index contributed by atoms with van der Waals surface area (Å²) in [4.78, 5) is 23.3. The van der Waals surface area contributed by atoms with E-state index in [4.69, 9.17) is 10.4 Å². The van der Waals surface area contributed by atoms with Crippen LogP contribution in [-0.2, 0) is 16.0 Å². The van der Waals surface area contributed by atoms with Gasteiger partial charge in [-0.25, -0.2) is 0 Å². The lowest BCUT2D eigenvalue weighted by atomic mass is 9.92. The van der Waals surface area contributed by atoms with Crippen LogP contribution in [0, 0.1) is 11.3 Å². The maximum Gasteiger partial charge on any atom is 0.303 e. The van der Waals surface area contributed by atoms with Crippen LogP contribution in [0.25, 0.3) is 0 Å². The zero-order valence-corrected chi connectivity index (χ0v) is 13.1. The van der Waals surface area contributed by atoms with Crippen LogP contribution in [-0.4, -0.2) is 17.0 Å². The Morgan fingerprint density at radius 3 is 2.29 bits per heavy atom. The average molecular weight is 322 g/mol. The van der Waals surface area contributed by atoms with Gasteiger partial charge in [-0.3, -0.25) is 9.59 Å². The Morgan fingerprint density at radius 2 is 1.71 bits per heavy atom. The van der Waals surface area contributed by atoms with Gasteiger partial charge < -0.3 is 10.4 Å². The molecule has 0 aliphatic heterocycles. The smallest absolute Gasteiger partial charge is 0.303 e. The molecular weight excluding hydrogens is 304 g/mol. The largest absolute Gasteiger partial charge is 0.481 e. The van der Waals surface area contributed by atoms with E-state index in [2.05, 4.69) is 11.4 Å². The molecule has 2 aromatic carbocycles. The van der Waals surface area contributed by atoms with E-state index in [-0.39, 0.29) is 24.7 Å². The van der Waals surface area contributed by atoms with E-state index in [0.29, 0.717) is 12.1 Å². The first-order valence-electron chi connectivity index (χ1n) is 7.61. The Morgan fingerprint density at radius 1 is 1.04 bits per heavy atom. The van der Waals surface area contributed by atoms with E-state index in [0.717, 1.165) is 11.1 Å². The zero-order valence-electron chi connectivity index (χ0n) is 13.1. The number of benzene rings is 2. The topological polar surface area (TPSA) is 90.2 Å². The molecule has 0 bridgehead atoms. The van der Waals surface area contributed by atoms with Crippen LogP contribution in [0.3, 0.4) is 0 Å². The first kappa shape index (κ1) is 17.2. The number of hydrogen-bond donors (Lipinski definition) is 2. The number of rotatable bonds is 7. The molecule has 2 rings (SSSR count). The van der Waals surface area contributed by atoms with Gasteiger partial charge in [0, 0.05) is 18.0 Å². The maximum atomic E-state index is 12.2. The van der Waals surface area contributed by atoms with Gasteiger partial charge >= 0.3 is 5.97 Å². The van der Waals surface area contributed by atoms with Crippen LogP contribution in [0.1, 0.15) is 29.9 Å². The average Bonchev–Trinajstić information content (AvgIpc) is 2.57. The Bertz CT molecular complexity index is 733. The number of hydrogen-bond acceptors (Lipinski definition) is 3. The second-order valence-electron chi connectivity index (χ2n) is 5.49. The van der Waals surface area contributed by atoms with Crippen molar-refractivity contribution in [3.8, 4) is 6.07 Å². The third-order valence-electron chi connectivity index (χ3n) is 3.64. The van der Waals surface area contributed by atoms with E-state index in [1.807, 2.05) is 30.3 Å². The molecule has 0 aliphatic carbocycles. The molecule has 5 nitrogen and oxygen atoms in total. The molecule has 0 spiro atoms. The molecule has 0 aliphatic rings. The lowest BCUT2D eigenvalue weighted by Gasteiger charge is -2.15. The summed E-state index contributed by atoms with van der Waals surface area (Å²) in [5.41, 5.74) is 2.34. The molecule has 2 aromatic rings. The Balaban J connectivity index is 2.02. The van der Waals surface area contributed by atoms with Crippen LogP contribution in [0.4, 0.5) is 5.69 Å². The number of amides is 1. The quantitative estimate of drug-likeness (QED) is 0.818. The minimum atomic E-state index is -0.933. The van der Waals surface area contributed by atoms with Gasteiger partial charge in [0.1, 0.15) is 0 Å². The fourth-order valence-electron chi connectivity index (χ4n) is 2.48. The summed E-state index contributed by atoms with van der Waals surface area (Å²) in [6.45, 7) is 0. The minimum Gasteiger partial charge on any atom is -0.481 e. The van der Waals surface area contributed by atoms with Crippen LogP contribution < -0.4 is 5.32 Å². The molecule has 0 saturated heterocycles. The first-order chi connectivity index (χ1) is 11.6. The van der Waals surface area contributed by atoms with Crippen molar-refractivity contribution < 1.29 is 14.7 Å². The van der Waals surface area contributed by atoms with Gasteiger partial charge in [0.25, 0.3) is 0 Å². The van der Waals surface area contributed by atoms with Gasteiger partial charge in [0.15, 0.2) is 0 Å². The number of carbonyl (C=O) groups is 2. The predicted octanol–water partition coefficient (Wildman–Crippen LogP) is 3.34. The lowest BCUT2D eigenvalue weighted by molar-refractivity contribution is -0.137. The van der Waals surface area contributed by atoms with Crippen molar-refractivity contribution in [1.82, 2.24) is 0 Å². The van der Waals surface area contributed by atoms with Gasteiger partial charge in [-0.1, -0.05) is 42.5 Å². The highest BCUT2D eigenvalue weighted by Crippen LogP contribution is 2.24. The SMILES string of the molecule is N#CCc1ccc(NC(=O)CC(CC(=O)O)c2ccccc2)cc1. The molecular formula is C19H18N2O3. The number of nitrogens with one attached hydrogen (secondary N) is 1. The number of anilines is 1. The second kappa shape index (κ2) is 8.49. The number of carboxylic acids is 1. The summed E-state index contributed by atoms with van der Waals surface area (Å²) in [6.07, 6.45) is 0.317. The molecule has 5 heteroatoms. The van der Waals surface area contributed by atoms with Crippen molar-refractivity contribution in [1.29, 1.82) is 5.26 Å².